The van der Waals surface area contributed by atoms with Crippen LogP contribution in [0.25, 0.3) is 0 Å². The Balaban J connectivity index is 2.14. The molecule has 1 rings (SSSR count). The Bertz CT molecular complexity index is 310. The van der Waals surface area contributed by atoms with Gasteiger partial charge in [-0.25, -0.2) is 4.79 Å². The van der Waals surface area contributed by atoms with Crippen LogP contribution in [0.3, 0.4) is 0 Å². The summed E-state index contributed by atoms with van der Waals surface area (Å²) in [6.07, 6.45) is 2.86. The third kappa shape index (κ3) is 7.00. The largest absolute Gasteiger partial charge is 0.481 e. The van der Waals surface area contributed by atoms with Crippen LogP contribution in [-0.2, 0) is 4.79 Å². The van der Waals surface area contributed by atoms with Gasteiger partial charge in [-0.05, 0) is 45.7 Å². The van der Waals surface area contributed by atoms with Crippen molar-refractivity contribution >= 4 is 12.0 Å². The van der Waals surface area contributed by atoms with E-state index in [1.165, 1.54) is 6.42 Å². The molecule has 1 saturated heterocycles. The number of likely N-dealkylation sites (tertiary alicyclic amines) is 1. The molecule has 110 valence electrons. The van der Waals surface area contributed by atoms with Crippen molar-refractivity contribution in [2.45, 2.75) is 38.6 Å². The Morgan fingerprint density at radius 1 is 1.47 bits per heavy atom. The van der Waals surface area contributed by atoms with Crippen molar-refractivity contribution in [3.8, 4) is 0 Å². The zero-order valence-corrected chi connectivity index (χ0v) is 11.8. The van der Waals surface area contributed by atoms with Gasteiger partial charge in [0.25, 0.3) is 0 Å². The number of aliphatic carboxylic acids is 1. The molecule has 0 spiro atoms. The maximum absolute atomic E-state index is 11.6. The second-order valence-corrected chi connectivity index (χ2v) is 5.46. The number of hydrogen-bond donors (Lipinski definition) is 3. The van der Waals surface area contributed by atoms with E-state index in [-0.39, 0.29) is 18.5 Å². The van der Waals surface area contributed by atoms with Crippen LogP contribution in [0.1, 0.15) is 32.6 Å². The third-order valence-electron chi connectivity index (χ3n) is 3.44. The predicted octanol–water partition coefficient (Wildman–Crippen LogP) is 0.881. The fourth-order valence-corrected chi connectivity index (χ4v) is 2.36. The number of piperidine rings is 1. The Morgan fingerprint density at radius 3 is 2.84 bits per heavy atom. The normalized spacial score (nSPS) is 21.7. The highest BCUT2D eigenvalue weighted by Crippen LogP contribution is 2.13. The minimum absolute atomic E-state index is 0.0782. The summed E-state index contributed by atoms with van der Waals surface area (Å²) in [7, 11) is 2.10. The SMILES string of the molecule is CC(CCC(=O)O)NC(=O)NCC1CCCN(C)C1. The number of amides is 2. The highest BCUT2D eigenvalue weighted by atomic mass is 16.4. The monoisotopic (exact) mass is 271 g/mol. The molecular weight excluding hydrogens is 246 g/mol. The van der Waals surface area contributed by atoms with E-state index in [2.05, 4.69) is 22.6 Å². The summed E-state index contributed by atoms with van der Waals surface area (Å²) in [5.74, 6) is -0.321. The van der Waals surface area contributed by atoms with E-state index in [0.29, 0.717) is 18.9 Å². The second-order valence-electron chi connectivity index (χ2n) is 5.46. The fraction of sp³-hybridized carbons (Fsp3) is 0.846. The van der Waals surface area contributed by atoms with Crippen LogP contribution in [0, 0.1) is 5.92 Å². The lowest BCUT2D eigenvalue weighted by molar-refractivity contribution is -0.137. The van der Waals surface area contributed by atoms with Gasteiger partial charge in [0.15, 0.2) is 0 Å². The molecule has 2 unspecified atom stereocenters. The molecule has 0 saturated carbocycles. The van der Waals surface area contributed by atoms with Gasteiger partial charge < -0.3 is 20.6 Å². The van der Waals surface area contributed by atoms with Crippen molar-refractivity contribution in [1.82, 2.24) is 15.5 Å². The summed E-state index contributed by atoms with van der Waals surface area (Å²) in [6.45, 7) is 4.66. The number of carbonyl (C=O) groups is 2. The van der Waals surface area contributed by atoms with Crippen molar-refractivity contribution in [1.29, 1.82) is 0 Å². The number of rotatable bonds is 6. The van der Waals surface area contributed by atoms with Gasteiger partial charge in [-0.2, -0.15) is 0 Å². The maximum Gasteiger partial charge on any atom is 0.315 e. The van der Waals surface area contributed by atoms with Crippen LogP contribution < -0.4 is 10.6 Å². The molecular formula is C13H25N3O3. The molecule has 3 N–H and O–H groups in total. The number of carboxylic acid groups (broad SMARTS) is 1. The Hall–Kier alpha value is -1.30. The summed E-state index contributed by atoms with van der Waals surface area (Å²) in [5, 5.41) is 14.2. The lowest BCUT2D eigenvalue weighted by Crippen LogP contribution is -2.45. The number of carboxylic acids is 1. The van der Waals surface area contributed by atoms with Crippen molar-refractivity contribution in [2.24, 2.45) is 5.92 Å². The summed E-state index contributed by atoms with van der Waals surface area (Å²) in [5.41, 5.74) is 0. The first kappa shape index (κ1) is 15.8. The van der Waals surface area contributed by atoms with Crippen molar-refractivity contribution in [3.63, 3.8) is 0 Å². The Labute approximate surface area is 114 Å². The third-order valence-corrected chi connectivity index (χ3v) is 3.44. The van der Waals surface area contributed by atoms with E-state index < -0.39 is 5.97 Å². The average Bonchev–Trinajstić information content (AvgIpc) is 2.34. The fourth-order valence-electron chi connectivity index (χ4n) is 2.36. The molecule has 6 nitrogen and oxygen atoms in total. The molecule has 0 aliphatic carbocycles. The molecule has 2 amide bonds. The summed E-state index contributed by atoms with van der Waals surface area (Å²) in [6, 6.07) is -0.323. The van der Waals surface area contributed by atoms with Gasteiger partial charge in [0.1, 0.15) is 0 Å². The van der Waals surface area contributed by atoms with Gasteiger partial charge in [0.05, 0.1) is 0 Å². The summed E-state index contributed by atoms with van der Waals surface area (Å²) < 4.78 is 0. The quantitative estimate of drug-likeness (QED) is 0.670. The first-order chi connectivity index (χ1) is 8.97. The molecule has 1 fully saturated rings. The highest BCUT2D eigenvalue weighted by Gasteiger charge is 2.18. The number of nitrogens with zero attached hydrogens (tertiary/aromatic N) is 1. The zero-order valence-electron chi connectivity index (χ0n) is 11.8. The molecule has 0 bridgehead atoms. The molecule has 19 heavy (non-hydrogen) atoms. The lowest BCUT2D eigenvalue weighted by Gasteiger charge is -2.29. The number of urea groups is 1. The molecule has 1 heterocycles. The number of carbonyl (C=O) groups excluding carboxylic acids is 1. The topological polar surface area (TPSA) is 81.7 Å². The van der Waals surface area contributed by atoms with Crippen LogP contribution in [0.5, 0.6) is 0 Å². The van der Waals surface area contributed by atoms with Crippen LogP contribution in [0.15, 0.2) is 0 Å². The van der Waals surface area contributed by atoms with E-state index in [1.807, 2.05) is 6.92 Å². The lowest BCUT2D eigenvalue weighted by atomic mass is 9.99. The van der Waals surface area contributed by atoms with Gasteiger partial charge in [0.2, 0.25) is 0 Å². The molecule has 1 aliphatic rings. The predicted molar refractivity (Wildman–Crippen MR) is 73.1 cm³/mol. The number of hydrogen-bond acceptors (Lipinski definition) is 3. The van der Waals surface area contributed by atoms with E-state index in [1.54, 1.807) is 0 Å². The Morgan fingerprint density at radius 2 is 2.21 bits per heavy atom. The maximum atomic E-state index is 11.6. The van der Waals surface area contributed by atoms with Crippen LogP contribution in [0.4, 0.5) is 4.79 Å². The standard InChI is InChI=1S/C13H25N3O3/c1-10(5-6-12(17)18)15-13(19)14-8-11-4-3-7-16(2)9-11/h10-11H,3-9H2,1-2H3,(H,17,18)(H2,14,15,19). The van der Waals surface area contributed by atoms with Crippen molar-refractivity contribution in [3.05, 3.63) is 0 Å². The van der Waals surface area contributed by atoms with Gasteiger partial charge >= 0.3 is 12.0 Å². The molecule has 0 aromatic rings. The van der Waals surface area contributed by atoms with Crippen LogP contribution in [0.2, 0.25) is 0 Å². The summed E-state index contributed by atoms with van der Waals surface area (Å²) >= 11 is 0. The first-order valence-corrected chi connectivity index (χ1v) is 6.92. The Kier molecular flexibility index (Phi) is 6.62. The minimum atomic E-state index is -0.834. The van der Waals surface area contributed by atoms with Gasteiger partial charge in [-0.1, -0.05) is 0 Å². The van der Waals surface area contributed by atoms with Gasteiger partial charge in [0, 0.05) is 25.6 Å². The van der Waals surface area contributed by atoms with Crippen LogP contribution in [-0.4, -0.2) is 54.7 Å². The van der Waals surface area contributed by atoms with Gasteiger partial charge in [-0.15, -0.1) is 0 Å². The second kappa shape index (κ2) is 7.99. The molecule has 0 aromatic carbocycles. The first-order valence-electron chi connectivity index (χ1n) is 6.92. The minimum Gasteiger partial charge on any atom is -0.481 e. The van der Waals surface area contributed by atoms with E-state index in [0.717, 1.165) is 19.5 Å². The van der Waals surface area contributed by atoms with E-state index >= 15 is 0 Å². The van der Waals surface area contributed by atoms with Gasteiger partial charge in [-0.3, -0.25) is 4.79 Å². The molecule has 2 atom stereocenters. The summed E-state index contributed by atoms with van der Waals surface area (Å²) in [4.78, 5) is 24.3. The van der Waals surface area contributed by atoms with Crippen molar-refractivity contribution in [2.75, 3.05) is 26.7 Å². The van der Waals surface area contributed by atoms with Crippen LogP contribution >= 0.6 is 0 Å². The van der Waals surface area contributed by atoms with Crippen molar-refractivity contribution < 1.29 is 14.7 Å². The van der Waals surface area contributed by atoms with E-state index in [9.17, 15) is 9.59 Å². The molecule has 0 aromatic heterocycles. The highest BCUT2D eigenvalue weighted by molar-refractivity contribution is 5.74. The smallest absolute Gasteiger partial charge is 0.315 e. The molecule has 1 aliphatic heterocycles. The average molecular weight is 271 g/mol. The zero-order chi connectivity index (χ0) is 14.3. The van der Waals surface area contributed by atoms with E-state index in [4.69, 9.17) is 5.11 Å². The number of nitrogens with one attached hydrogen (secondary N) is 2. The molecule has 0 radical (unpaired) electrons. The molecule has 6 heteroatoms.